The lowest BCUT2D eigenvalue weighted by atomic mass is 9.96. The molecule has 0 radical (unpaired) electrons. The SMILES string of the molecule is CC(C)N1CCC(CN)(N(C)c2ccc(F)cc2)C1. The Labute approximate surface area is 115 Å². The first kappa shape index (κ1) is 14.3. The molecule has 2 N–H and O–H groups in total. The minimum absolute atomic E-state index is 0.0396. The Kier molecular flexibility index (Phi) is 4.11. The van der Waals surface area contributed by atoms with Gasteiger partial charge in [0.15, 0.2) is 0 Å². The third-order valence-electron chi connectivity index (χ3n) is 4.40. The van der Waals surface area contributed by atoms with Crippen LogP contribution >= 0.6 is 0 Å². The molecule has 1 aliphatic rings. The zero-order chi connectivity index (χ0) is 14.0. The van der Waals surface area contributed by atoms with Crippen molar-refractivity contribution < 1.29 is 4.39 Å². The summed E-state index contributed by atoms with van der Waals surface area (Å²) in [6.45, 7) is 7.08. The summed E-state index contributed by atoms with van der Waals surface area (Å²) in [4.78, 5) is 4.67. The average Bonchev–Trinajstić information content (AvgIpc) is 2.85. The summed E-state index contributed by atoms with van der Waals surface area (Å²) in [5.41, 5.74) is 7.04. The van der Waals surface area contributed by atoms with Crippen molar-refractivity contribution in [2.75, 3.05) is 31.6 Å². The zero-order valence-electron chi connectivity index (χ0n) is 12.1. The molecule has 19 heavy (non-hydrogen) atoms. The van der Waals surface area contributed by atoms with Gasteiger partial charge in [-0.3, -0.25) is 4.90 Å². The molecule has 1 aliphatic heterocycles. The lowest BCUT2D eigenvalue weighted by molar-refractivity contribution is 0.255. The number of rotatable bonds is 4. The van der Waals surface area contributed by atoms with Crippen LogP contribution in [-0.4, -0.2) is 43.2 Å². The number of anilines is 1. The summed E-state index contributed by atoms with van der Waals surface area (Å²) < 4.78 is 13.0. The molecule has 0 bridgehead atoms. The monoisotopic (exact) mass is 265 g/mol. The van der Waals surface area contributed by atoms with Gasteiger partial charge in [-0.25, -0.2) is 4.39 Å². The van der Waals surface area contributed by atoms with Crippen molar-refractivity contribution in [1.29, 1.82) is 0 Å². The van der Waals surface area contributed by atoms with Crippen molar-refractivity contribution in [3.63, 3.8) is 0 Å². The predicted octanol–water partition coefficient (Wildman–Crippen LogP) is 2.07. The molecule has 1 heterocycles. The molecule has 0 amide bonds. The highest BCUT2D eigenvalue weighted by atomic mass is 19.1. The topological polar surface area (TPSA) is 32.5 Å². The van der Waals surface area contributed by atoms with Crippen LogP contribution < -0.4 is 10.6 Å². The smallest absolute Gasteiger partial charge is 0.123 e. The fourth-order valence-electron chi connectivity index (χ4n) is 2.84. The summed E-state index contributed by atoms with van der Waals surface area (Å²) in [6.07, 6.45) is 1.05. The van der Waals surface area contributed by atoms with Crippen LogP contribution in [0.25, 0.3) is 0 Å². The van der Waals surface area contributed by atoms with Crippen molar-refractivity contribution in [2.24, 2.45) is 5.73 Å². The molecule has 0 saturated carbocycles. The fourth-order valence-corrected chi connectivity index (χ4v) is 2.84. The molecule has 1 atom stereocenters. The van der Waals surface area contributed by atoms with Crippen LogP contribution in [0.4, 0.5) is 10.1 Å². The van der Waals surface area contributed by atoms with Gasteiger partial charge in [0, 0.05) is 38.4 Å². The van der Waals surface area contributed by atoms with E-state index in [2.05, 4.69) is 30.7 Å². The van der Waals surface area contributed by atoms with E-state index in [1.165, 1.54) is 12.1 Å². The molecule has 1 fully saturated rings. The number of likely N-dealkylation sites (N-methyl/N-ethyl adjacent to an activating group) is 1. The third-order valence-corrected chi connectivity index (χ3v) is 4.40. The summed E-state index contributed by atoms with van der Waals surface area (Å²) in [5, 5.41) is 0. The summed E-state index contributed by atoms with van der Waals surface area (Å²) >= 11 is 0. The van der Waals surface area contributed by atoms with Crippen LogP contribution in [0, 0.1) is 5.82 Å². The van der Waals surface area contributed by atoms with E-state index in [9.17, 15) is 4.39 Å². The highest BCUT2D eigenvalue weighted by Gasteiger charge is 2.41. The van der Waals surface area contributed by atoms with Gasteiger partial charge in [-0.1, -0.05) is 0 Å². The highest BCUT2D eigenvalue weighted by Crippen LogP contribution is 2.31. The number of nitrogens with zero attached hydrogens (tertiary/aromatic N) is 2. The van der Waals surface area contributed by atoms with Crippen LogP contribution in [0.2, 0.25) is 0 Å². The normalized spacial score (nSPS) is 24.1. The molecular formula is C15H24FN3. The quantitative estimate of drug-likeness (QED) is 0.904. The molecular weight excluding hydrogens is 241 g/mol. The van der Waals surface area contributed by atoms with Crippen molar-refractivity contribution >= 4 is 5.69 Å². The Bertz CT molecular complexity index is 418. The maximum atomic E-state index is 13.0. The first-order chi connectivity index (χ1) is 8.98. The molecule has 106 valence electrons. The van der Waals surface area contributed by atoms with E-state index in [1.54, 1.807) is 0 Å². The van der Waals surface area contributed by atoms with Gasteiger partial charge >= 0.3 is 0 Å². The number of nitrogens with two attached hydrogens (primary N) is 1. The first-order valence-corrected chi connectivity index (χ1v) is 6.92. The summed E-state index contributed by atoms with van der Waals surface area (Å²) in [6, 6.07) is 7.20. The molecule has 0 spiro atoms. The first-order valence-electron chi connectivity index (χ1n) is 6.92. The van der Waals surface area contributed by atoms with Gasteiger partial charge in [-0.05, 0) is 44.5 Å². The van der Waals surface area contributed by atoms with E-state index < -0.39 is 0 Å². The lowest BCUT2D eigenvalue weighted by Crippen LogP contribution is -2.54. The van der Waals surface area contributed by atoms with Crippen molar-refractivity contribution in [3.05, 3.63) is 30.1 Å². The van der Waals surface area contributed by atoms with Gasteiger partial charge in [-0.15, -0.1) is 0 Å². The summed E-state index contributed by atoms with van der Waals surface area (Å²) in [5.74, 6) is -0.200. The van der Waals surface area contributed by atoms with Gasteiger partial charge in [0.05, 0.1) is 5.54 Å². The molecule has 0 aromatic heterocycles. The minimum Gasteiger partial charge on any atom is -0.366 e. The Morgan fingerprint density at radius 1 is 1.37 bits per heavy atom. The van der Waals surface area contributed by atoms with Crippen molar-refractivity contribution in [2.45, 2.75) is 31.8 Å². The van der Waals surface area contributed by atoms with E-state index in [-0.39, 0.29) is 11.4 Å². The van der Waals surface area contributed by atoms with Gasteiger partial charge < -0.3 is 10.6 Å². The number of benzene rings is 1. The third kappa shape index (κ3) is 2.74. The van der Waals surface area contributed by atoms with Crippen molar-refractivity contribution in [3.8, 4) is 0 Å². The number of hydrogen-bond acceptors (Lipinski definition) is 3. The average molecular weight is 265 g/mol. The van der Waals surface area contributed by atoms with Crippen molar-refractivity contribution in [1.82, 2.24) is 4.90 Å². The van der Waals surface area contributed by atoms with Gasteiger partial charge in [0.25, 0.3) is 0 Å². The standard InChI is InChI=1S/C15H24FN3/c1-12(2)19-9-8-15(10-17,11-19)18(3)14-6-4-13(16)5-7-14/h4-7,12H,8-11,17H2,1-3H3. The molecule has 1 unspecified atom stereocenters. The van der Waals surface area contributed by atoms with E-state index in [4.69, 9.17) is 5.73 Å². The van der Waals surface area contributed by atoms with Crippen LogP contribution in [0.1, 0.15) is 20.3 Å². The van der Waals surface area contributed by atoms with E-state index in [0.29, 0.717) is 12.6 Å². The van der Waals surface area contributed by atoms with Gasteiger partial charge in [0.1, 0.15) is 5.82 Å². The Hall–Kier alpha value is -1.13. The van der Waals surface area contributed by atoms with Crippen LogP contribution in [0.15, 0.2) is 24.3 Å². The fraction of sp³-hybridized carbons (Fsp3) is 0.600. The Morgan fingerprint density at radius 2 is 2.00 bits per heavy atom. The van der Waals surface area contributed by atoms with Gasteiger partial charge in [0.2, 0.25) is 0 Å². The second-order valence-electron chi connectivity index (χ2n) is 5.78. The second-order valence-corrected chi connectivity index (χ2v) is 5.78. The van der Waals surface area contributed by atoms with E-state index >= 15 is 0 Å². The molecule has 0 aliphatic carbocycles. The number of halogens is 1. The van der Waals surface area contributed by atoms with E-state index in [1.807, 2.05) is 12.1 Å². The number of hydrogen-bond donors (Lipinski definition) is 1. The Morgan fingerprint density at radius 3 is 2.47 bits per heavy atom. The molecule has 1 saturated heterocycles. The maximum Gasteiger partial charge on any atom is 0.123 e. The molecule has 3 nitrogen and oxygen atoms in total. The summed E-state index contributed by atoms with van der Waals surface area (Å²) in [7, 11) is 2.06. The van der Waals surface area contributed by atoms with Gasteiger partial charge in [-0.2, -0.15) is 0 Å². The Balaban J connectivity index is 2.20. The predicted molar refractivity (Wildman–Crippen MR) is 77.9 cm³/mol. The zero-order valence-corrected chi connectivity index (χ0v) is 12.1. The minimum atomic E-state index is -0.200. The second kappa shape index (κ2) is 5.47. The largest absolute Gasteiger partial charge is 0.366 e. The molecule has 4 heteroatoms. The lowest BCUT2D eigenvalue weighted by Gasteiger charge is -2.40. The maximum absolute atomic E-state index is 13.0. The molecule has 1 aromatic carbocycles. The van der Waals surface area contributed by atoms with Crippen LogP contribution in [0.5, 0.6) is 0 Å². The molecule has 1 aromatic rings. The van der Waals surface area contributed by atoms with Crippen LogP contribution in [0.3, 0.4) is 0 Å². The highest BCUT2D eigenvalue weighted by molar-refractivity contribution is 5.49. The van der Waals surface area contributed by atoms with Crippen LogP contribution in [-0.2, 0) is 0 Å². The van der Waals surface area contributed by atoms with E-state index in [0.717, 1.165) is 25.2 Å². The molecule has 2 rings (SSSR count). The number of likely N-dealkylation sites (tertiary alicyclic amines) is 1.